The number of aryl methyl sites for hydroxylation is 2. The molecule has 2 aromatic carbocycles. The molecule has 1 fully saturated rings. The molecule has 0 spiro atoms. The molecule has 0 radical (unpaired) electrons. The van der Waals surface area contributed by atoms with Gasteiger partial charge in [0.1, 0.15) is 11.5 Å². The van der Waals surface area contributed by atoms with E-state index < -0.39 is 0 Å². The molecule has 0 bridgehead atoms. The third-order valence-corrected chi connectivity index (χ3v) is 6.99. The Morgan fingerprint density at radius 2 is 1.71 bits per heavy atom. The van der Waals surface area contributed by atoms with Gasteiger partial charge in [0.25, 0.3) is 0 Å². The molecule has 5 rings (SSSR count). The Balaban J connectivity index is 1.35. The van der Waals surface area contributed by atoms with Gasteiger partial charge in [0.2, 0.25) is 0 Å². The van der Waals surface area contributed by atoms with Crippen LogP contribution in [0.2, 0.25) is 5.02 Å². The average Bonchev–Trinajstić information content (AvgIpc) is 3.18. The third kappa shape index (κ3) is 3.18. The SMILES string of the molecule is CCc1ccc2c(c1)CCc1c-2noc1C1CCC(c2ccc(Cl)cc2)CC1. The second kappa shape index (κ2) is 7.40. The topological polar surface area (TPSA) is 26.0 Å². The van der Waals surface area contributed by atoms with Gasteiger partial charge >= 0.3 is 0 Å². The molecule has 28 heavy (non-hydrogen) atoms. The number of hydrogen-bond donors (Lipinski definition) is 0. The second-order valence-corrected chi connectivity index (χ2v) is 8.76. The Kier molecular flexibility index (Phi) is 4.76. The van der Waals surface area contributed by atoms with E-state index in [1.807, 2.05) is 12.1 Å². The lowest BCUT2D eigenvalue weighted by molar-refractivity contribution is 0.306. The maximum atomic E-state index is 6.04. The first-order valence-electron chi connectivity index (χ1n) is 10.6. The lowest BCUT2D eigenvalue weighted by atomic mass is 9.76. The first kappa shape index (κ1) is 18.0. The molecule has 0 atom stereocenters. The zero-order valence-electron chi connectivity index (χ0n) is 16.4. The van der Waals surface area contributed by atoms with Crippen molar-refractivity contribution in [1.82, 2.24) is 5.16 Å². The minimum atomic E-state index is 0.510. The normalized spacial score (nSPS) is 21.2. The molecule has 0 saturated heterocycles. The zero-order valence-corrected chi connectivity index (χ0v) is 17.1. The predicted octanol–water partition coefficient (Wildman–Crippen LogP) is 7.10. The summed E-state index contributed by atoms with van der Waals surface area (Å²) >= 11 is 6.04. The van der Waals surface area contributed by atoms with E-state index in [1.165, 1.54) is 53.5 Å². The van der Waals surface area contributed by atoms with E-state index in [0.717, 1.165) is 35.7 Å². The first-order chi connectivity index (χ1) is 13.7. The van der Waals surface area contributed by atoms with Crippen LogP contribution in [-0.4, -0.2) is 5.16 Å². The second-order valence-electron chi connectivity index (χ2n) is 8.32. The van der Waals surface area contributed by atoms with Crippen molar-refractivity contribution in [3.63, 3.8) is 0 Å². The fourth-order valence-electron chi connectivity index (χ4n) is 5.08. The van der Waals surface area contributed by atoms with Crippen molar-refractivity contribution in [3.8, 4) is 11.3 Å². The van der Waals surface area contributed by atoms with Gasteiger partial charge < -0.3 is 4.52 Å². The van der Waals surface area contributed by atoms with Crippen molar-refractivity contribution in [2.75, 3.05) is 0 Å². The molecular formula is C25H26ClNO. The number of rotatable bonds is 3. The summed E-state index contributed by atoms with van der Waals surface area (Å²) < 4.78 is 5.96. The predicted molar refractivity (Wildman–Crippen MR) is 114 cm³/mol. The fourth-order valence-corrected chi connectivity index (χ4v) is 5.21. The summed E-state index contributed by atoms with van der Waals surface area (Å²) in [7, 11) is 0. The Labute approximate surface area is 171 Å². The maximum Gasteiger partial charge on any atom is 0.143 e. The zero-order chi connectivity index (χ0) is 19.1. The van der Waals surface area contributed by atoms with Crippen molar-refractivity contribution in [3.05, 3.63) is 75.5 Å². The highest BCUT2D eigenvalue weighted by Crippen LogP contribution is 2.44. The van der Waals surface area contributed by atoms with Crippen LogP contribution in [0.3, 0.4) is 0 Å². The van der Waals surface area contributed by atoms with Gasteiger partial charge in [-0.05, 0) is 79.7 Å². The van der Waals surface area contributed by atoms with Crippen LogP contribution in [0, 0.1) is 0 Å². The van der Waals surface area contributed by atoms with Gasteiger partial charge in [0.05, 0.1) is 0 Å². The van der Waals surface area contributed by atoms with E-state index in [4.69, 9.17) is 16.1 Å². The number of nitrogens with zero attached hydrogens (tertiary/aromatic N) is 1. The number of benzene rings is 2. The first-order valence-corrected chi connectivity index (χ1v) is 11.0. The monoisotopic (exact) mass is 391 g/mol. The molecule has 1 saturated carbocycles. The molecule has 0 aliphatic heterocycles. The molecular weight excluding hydrogens is 366 g/mol. The molecule has 2 aliphatic carbocycles. The molecule has 3 heteroatoms. The Bertz CT molecular complexity index is 980. The van der Waals surface area contributed by atoms with E-state index in [2.05, 4.69) is 42.4 Å². The maximum absolute atomic E-state index is 6.04. The van der Waals surface area contributed by atoms with Crippen LogP contribution in [-0.2, 0) is 19.3 Å². The van der Waals surface area contributed by atoms with Gasteiger partial charge in [-0.3, -0.25) is 0 Å². The summed E-state index contributed by atoms with van der Waals surface area (Å²) in [4.78, 5) is 0. The standard InChI is InChI=1S/C25H26ClNO/c1-2-16-3-13-22-20(15-16)10-14-23-24(22)27-28-25(23)19-6-4-17(5-7-19)18-8-11-21(26)12-9-18/h3,8-9,11-13,15,17,19H,2,4-7,10,14H2,1H3. The number of hydrogen-bond acceptors (Lipinski definition) is 2. The van der Waals surface area contributed by atoms with E-state index in [9.17, 15) is 0 Å². The Morgan fingerprint density at radius 3 is 2.46 bits per heavy atom. The third-order valence-electron chi connectivity index (χ3n) is 6.74. The summed E-state index contributed by atoms with van der Waals surface area (Å²) in [5, 5.41) is 5.34. The van der Waals surface area contributed by atoms with Crippen LogP contribution in [0.1, 0.15) is 72.5 Å². The number of aromatic nitrogens is 1. The summed E-state index contributed by atoms with van der Waals surface area (Å²) in [5.41, 5.74) is 8.00. The summed E-state index contributed by atoms with van der Waals surface area (Å²) in [5.74, 6) is 2.31. The molecule has 144 valence electrons. The van der Waals surface area contributed by atoms with Crippen LogP contribution in [0.5, 0.6) is 0 Å². The minimum absolute atomic E-state index is 0.510. The van der Waals surface area contributed by atoms with Crippen LogP contribution in [0.25, 0.3) is 11.3 Å². The van der Waals surface area contributed by atoms with Crippen LogP contribution >= 0.6 is 11.6 Å². The lowest BCUT2D eigenvalue weighted by Gasteiger charge is -2.28. The summed E-state index contributed by atoms with van der Waals surface area (Å²) in [6, 6.07) is 15.2. The van der Waals surface area contributed by atoms with E-state index in [1.54, 1.807) is 0 Å². The van der Waals surface area contributed by atoms with Gasteiger partial charge in [-0.15, -0.1) is 0 Å². The van der Waals surface area contributed by atoms with Crippen LogP contribution in [0.4, 0.5) is 0 Å². The average molecular weight is 392 g/mol. The van der Waals surface area contributed by atoms with Gasteiger partial charge in [-0.1, -0.05) is 54.0 Å². The van der Waals surface area contributed by atoms with Crippen molar-refractivity contribution in [2.24, 2.45) is 0 Å². The molecule has 3 aromatic rings. The van der Waals surface area contributed by atoms with Crippen molar-refractivity contribution >= 4 is 11.6 Å². The molecule has 1 aromatic heterocycles. The summed E-state index contributed by atoms with van der Waals surface area (Å²) in [6.45, 7) is 2.21. The van der Waals surface area contributed by atoms with Crippen molar-refractivity contribution < 1.29 is 4.52 Å². The van der Waals surface area contributed by atoms with Crippen LogP contribution < -0.4 is 0 Å². The van der Waals surface area contributed by atoms with E-state index in [0.29, 0.717) is 11.8 Å². The lowest BCUT2D eigenvalue weighted by Crippen LogP contribution is -2.14. The molecule has 0 amide bonds. The Morgan fingerprint density at radius 1 is 0.964 bits per heavy atom. The highest BCUT2D eigenvalue weighted by molar-refractivity contribution is 6.30. The molecule has 0 N–H and O–H groups in total. The highest BCUT2D eigenvalue weighted by Gasteiger charge is 2.31. The smallest absolute Gasteiger partial charge is 0.143 e. The fraction of sp³-hybridized carbons (Fsp3) is 0.400. The van der Waals surface area contributed by atoms with Gasteiger partial charge in [0.15, 0.2) is 0 Å². The van der Waals surface area contributed by atoms with Gasteiger partial charge in [0, 0.05) is 22.1 Å². The quantitative estimate of drug-likeness (QED) is 0.476. The van der Waals surface area contributed by atoms with E-state index in [-0.39, 0.29) is 0 Å². The van der Waals surface area contributed by atoms with E-state index >= 15 is 0 Å². The van der Waals surface area contributed by atoms with Crippen LogP contribution in [0.15, 0.2) is 47.0 Å². The highest BCUT2D eigenvalue weighted by atomic mass is 35.5. The molecule has 1 heterocycles. The van der Waals surface area contributed by atoms with Crippen molar-refractivity contribution in [2.45, 2.75) is 63.7 Å². The number of fused-ring (bicyclic) bond motifs is 3. The van der Waals surface area contributed by atoms with Gasteiger partial charge in [-0.2, -0.15) is 0 Å². The minimum Gasteiger partial charge on any atom is -0.360 e. The largest absolute Gasteiger partial charge is 0.360 e. The molecule has 0 unspecified atom stereocenters. The van der Waals surface area contributed by atoms with Crippen molar-refractivity contribution in [1.29, 1.82) is 0 Å². The Hall–Kier alpha value is -2.06. The summed E-state index contributed by atoms with van der Waals surface area (Å²) in [6.07, 6.45) is 8.01. The molecule has 2 aliphatic rings. The van der Waals surface area contributed by atoms with Gasteiger partial charge in [-0.25, -0.2) is 0 Å². The molecule has 2 nitrogen and oxygen atoms in total. The number of halogens is 1.